The van der Waals surface area contributed by atoms with Crippen molar-refractivity contribution < 1.29 is 10.3 Å². The van der Waals surface area contributed by atoms with Crippen molar-refractivity contribution in [3.63, 3.8) is 0 Å². The van der Waals surface area contributed by atoms with Crippen LogP contribution < -0.4 is 0 Å². The molecule has 2 rings (SSSR count). The van der Waals surface area contributed by atoms with E-state index in [0.717, 1.165) is 6.54 Å². The van der Waals surface area contributed by atoms with Crippen molar-refractivity contribution in [2.24, 2.45) is 0 Å². The van der Waals surface area contributed by atoms with Crippen LogP contribution >= 0.6 is 11.8 Å². The topological polar surface area (TPSA) is 81.2 Å². The van der Waals surface area contributed by atoms with Crippen LogP contribution in [0.4, 0.5) is 0 Å². The monoisotopic (exact) mass is 337 g/mol. The molecule has 0 aliphatic rings. The molecule has 6 nitrogen and oxygen atoms in total. The van der Waals surface area contributed by atoms with Gasteiger partial charge in [-0.3, -0.25) is 0 Å². The van der Waals surface area contributed by atoms with Crippen molar-refractivity contribution in [1.82, 2.24) is 9.55 Å². The minimum absolute atomic E-state index is 0.588. The predicted octanol–water partition coefficient (Wildman–Crippen LogP) is 4.23. The molecule has 1 atom stereocenters. The molecule has 23 heavy (non-hydrogen) atoms. The minimum Gasteiger partial charge on any atom is -0.337 e. The first-order chi connectivity index (χ1) is 11.1. The van der Waals surface area contributed by atoms with Gasteiger partial charge >= 0.3 is 0 Å². The zero-order valence-corrected chi connectivity index (χ0v) is 14.3. The Kier molecular flexibility index (Phi) is 8.82. The smallest absolute Gasteiger partial charge is 0.291 e. The lowest BCUT2D eigenvalue weighted by Gasteiger charge is -2.18. The third-order valence-electron chi connectivity index (χ3n) is 3.48. The lowest BCUT2D eigenvalue weighted by molar-refractivity contribution is -0.742. The van der Waals surface area contributed by atoms with Crippen LogP contribution in [0.15, 0.2) is 47.9 Å². The highest BCUT2D eigenvalue weighted by Crippen LogP contribution is 2.26. The highest BCUT2D eigenvalue weighted by Gasteiger charge is 2.11. The molecule has 0 amide bonds. The molecule has 0 spiro atoms. The molecular formula is C16H23N3O3S. The standard InChI is InChI=1S/C16H22N2S.HNO3/c1-3-4-5-15(12-18-11-10-17-13-18)14-6-8-16(19-2)9-7-14;2-1(3)4/h6-11,13,15H,3-5,12H2,1-2H3;(H,2,3,4). The first-order valence-corrected chi connectivity index (χ1v) is 8.72. The summed E-state index contributed by atoms with van der Waals surface area (Å²) >= 11 is 1.80. The Bertz CT molecular complexity index is 554. The van der Waals surface area contributed by atoms with Crippen molar-refractivity contribution in [3.8, 4) is 0 Å². The molecule has 0 saturated heterocycles. The molecule has 1 aromatic carbocycles. The Morgan fingerprint density at radius 1 is 1.39 bits per heavy atom. The van der Waals surface area contributed by atoms with E-state index in [1.165, 1.54) is 29.7 Å². The number of nitrogens with zero attached hydrogens (tertiary/aromatic N) is 3. The highest BCUT2D eigenvalue weighted by atomic mass is 32.2. The van der Waals surface area contributed by atoms with E-state index in [1.54, 1.807) is 11.8 Å². The predicted molar refractivity (Wildman–Crippen MR) is 91.5 cm³/mol. The molecule has 7 heteroatoms. The Labute approximate surface area is 140 Å². The average molecular weight is 337 g/mol. The fourth-order valence-electron chi connectivity index (χ4n) is 2.34. The maximum absolute atomic E-state index is 8.36. The number of hydrogen-bond donors (Lipinski definition) is 1. The first kappa shape index (κ1) is 19.0. The van der Waals surface area contributed by atoms with E-state index in [-0.39, 0.29) is 0 Å². The number of rotatable bonds is 7. The lowest BCUT2D eigenvalue weighted by atomic mass is 9.93. The Balaban J connectivity index is 0.000000593. The largest absolute Gasteiger partial charge is 0.337 e. The molecule has 0 fully saturated rings. The molecule has 0 bridgehead atoms. The zero-order valence-electron chi connectivity index (χ0n) is 13.5. The van der Waals surface area contributed by atoms with Crippen LogP contribution in [-0.4, -0.2) is 26.1 Å². The van der Waals surface area contributed by atoms with Gasteiger partial charge in [-0.05, 0) is 30.4 Å². The van der Waals surface area contributed by atoms with Gasteiger partial charge in [0, 0.05) is 29.8 Å². The van der Waals surface area contributed by atoms with Crippen LogP contribution in [-0.2, 0) is 6.54 Å². The van der Waals surface area contributed by atoms with E-state index in [0.29, 0.717) is 5.92 Å². The van der Waals surface area contributed by atoms with Gasteiger partial charge in [0.2, 0.25) is 0 Å². The molecule has 0 aliphatic heterocycles. The summed E-state index contributed by atoms with van der Waals surface area (Å²) in [6.07, 6.45) is 11.7. The lowest BCUT2D eigenvalue weighted by Crippen LogP contribution is -2.08. The van der Waals surface area contributed by atoms with Gasteiger partial charge in [0.25, 0.3) is 5.09 Å². The molecule has 0 radical (unpaired) electrons. The third kappa shape index (κ3) is 7.69. The van der Waals surface area contributed by atoms with Crippen molar-refractivity contribution in [3.05, 3.63) is 58.7 Å². The zero-order chi connectivity index (χ0) is 17.1. The van der Waals surface area contributed by atoms with E-state index < -0.39 is 5.09 Å². The summed E-state index contributed by atoms with van der Waals surface area (Å²) in [4.78, 5) is 13.8. The van der Waals surface area contributed by atoms with Crippen molar-refractivity contribution in [1.29, 1.82) is 0 Å². The normalized spacial score (nSPS) is 11.4. The summed E-state index contributed by atoms with van der Waals surface area (Å²) in [5.74, 6) is 0.588. The maximum Gasteiger partial charge on any atom is 0.291 e. The van der Waals surface area contributed by atoms with Gasteiger partial charge < -0.3 is 9.77 Å². The molecule has 0 aliphatic carbocycles. The fraction of sp³-hybridized carbons (Fsp3) is 0.438. The van der Waals surface area contributed by atoms with E-state index in [4.69, 9.17) is 15.3 Å². The second-order valence-corrected chi connectivity index (χ2v) is 5.99. The Morgan fingerprint density at radius 3 is 2.52 bits per heavy atom. The van der Waals surface area contributed by atoms with Crippen LogP contribution in [0.2, 0.25) is 0 Å². The quantitative estimate of drug-likeness (QED) is 0.464. The number of aromatic nitrogens is 2. The minimum atomic E-state index is -1.50. The van der Waals surface area contributed by atoms with Crippen LogP contribution in [0.5, 0.6) is 0 Å². The first-order valence-electron chi connectivity index (χ1n) is 7.49. The van der Waals surface area contributed by atoms with E-state index in [9.17, 15) is 0 Å². The van der Waals surface area contributed by atoms with Gasteiger partial charge in [0.1, 0.15) is 0 Å². The van der Waals surface area contributed by atoms with Crippen molar-refractivity contribution >= 4 is 11.8 Å². The number of hydrogen-bond acceptors (Lipinski definition) is 4. The van der Waals surface area contributed by atoms with Gasteiger partial charge in [0.15, 0.2) is 0 Å². The Morgan fingerprint density at radius 2 is 2.04 bits per heavy atom. The number of benzene rings is 1. The molecule has 1 N–H and O–H groups in total. The number of thioether (sulfide) groups is 1. The molecule has 0 saturated carbocycles. The fourth-order valence-corrected chi connectivity index (χ4v) is 2.75. The van der Waals surface area contributed by atoms with E-state index >= 15 is 0 Å². The summed E-state index contributed by atoms with van der Waals surface area (Å²) < 4.78 is 2.18. The SMILES string of the molecule is CCCCC(Cn1ccnc1)c1ccc(SC)cc1.O=[N+]([O-])O. The van der Waals surface area contributed by atoms with Crippen LogP contribution in [0, 0.1) is 10.1 Å². The number of imidazole rings is 1. The molecular weight excluding hydrogens is 314 g/mol. The Hall–Kier alpha value is -2.02. The molecule has 1 heterocycles. The molecule has 2 aromatic rings. The average Bonchev–Trinajstić information content (AvgIpc) is 3.04. The van der Waals surface area contributed by atoms with E-state index in [2.05, 4.69) is 53.2 Å². The van der Waals surface area contributed by atoms with Crippen LogP contribution in [0.1, 0.15) is 37.7 Å². The summed E-state index contributed by atoms with van der Waals surface area (Å²) in [7, 11) is 0. The van der Waals surface area contributed by atoms with Gasteiger partial charge in [-0.2, -0.15) is 0 Å². The third-order valence-corrected chi connectivity index (χ3v) is 4.23. The van der Waals surface area contributed by atoms with E-state index in [1.807, 2.05) is 12.5 Å². The highest BCUT2D eigenvalue weighted by molar-refractivity contribution is 7.98. The molecule has 126 valence electrons. The second kappa shape index (κ2) is 10.7. The van der Waals surface area contributed by atoms with Gasteiger partial charge in [-0.25, -0.2) is 4.98 Å². The van der Waals surface area contributed by atoms with Crippen molar-refractivity contribution in [2.75, 3.05) is 6.26 Å². The number of unbranched alkanes of at least 4 members (excludes halogenated alkanes) is 1. The summed E-state index contributed by atoms with van der Waals surface area (Å²) in [5.41, 5.74) is 1.44. The maximum atomic E-state index is 8.36. The van der Waals surface area contributed by atoms with Crippen LogP contribution in [0.25, 0.3) is 0 Å². The summed E-state index contributed by atoms with van der Waals surface area (Å²) in [6, 6.07) is 9.02. The summed E-state index contributed by atoms with van der Waals surface area (Å²) in [5, 5.41) is 13.6. The van der Waals surface area contributed by atoms with Gasteiger partial charge in [-0.1, -0.05) is 31.9 Å². The molecule has 1 aromatic heterocycles. The molecule has 1 unspecified atom stereocenters. The van der Waals surface area contributed by atoms with Gasteiger partial charge in [0.05, 0.1) is 6.33 Å². The summed E-state index contributed by atoms with van der Waals surface area (Å²) in [6.45, 7) is 3.28. The van der Waals surface area contributed by atoms with Crippen LogP contribution in [0.3, 0.4) is 0 Å². The van der Waals surface area contributed by atoms with Crippen molar-refractivity contribution in [2.45, 2.75) is 43.5 Å². The second-order valence-electron chi connectivity index (χ2n) is 5.11. The van der Waals surface area contributed by atoms with Gasteiger partial charge in [-0.15, -0.1) is 21.9 Å².